The lowest BCUT2D eigenvalue weighted by molar-refractivity contribution is -0.137. The van der Waals surface area contributed by atoms with E-state index in [4.69, 9.17) is 4.98 Å². The number of aryl methyl sites for hydroxylation is 2. The number of likely N-dealkylation sites (tertiary alicyclic amines) is 1. The fourth-order valence-corrected chi connectivity index (χ4v) is 5.80. The first-order valence-corrected chi connectivity index (χ1v) is 15.1. The summed E-state index contributed by atoms with van der Waals surface area (Å²) >= 11 is 0. The number of carbonyl (C=O) groups excluding carboxylic acids is 1. The summed E-state index contributed by atoms with van der Waals surface area (Å²) in [7, 11) is 3.87. The second-order valence-corrected chi connectivity index (χ2v) is 11.8. The minimum atomic E-state index is -4.61. The maximum Gasteiger partial charge on any atom is 0.418 e. The normalized spacial score (nSPS) is 14.4. The summed E-state index contributed by atoms with van der Waals surface area (Å²) in [6.07, 6.45) is 4.32. The van der Waals surface area contributed by atoms with Crippen LogP contribution in [0.5, 0.6) is 0 Å². The molecule has 0 atom stereocenters. The maximum atomic E-state index is 14.2. The summed E-state index contributed by atoms with van der Waals surface area (Å²) in [4.78, 5) is 29.0. The first-order valence-electron chi connectivity index (χ1n) is 15.1. The number of carbonyl (C=O) groups is 1. The van der Waals surface area contributed by atoms with E-state index in [1.165, 1.54) is 12.1 Å². The van der Waals surface area contributed by atoms with Gasteiger partial charge in [-0.25, -0.2) is 9.97 Å². The van der Waals surface area contributed by atoms with Gasteiger partial charge in [-0.3, -0.25) is 14.5 Å². The van der Waals surface area contributed by atoms with Crippen molar-refractivity contribution in [3.05, 3.63) is 113 Å². The second kappa shape index (κ2) is 12.8. The van der Waals surface area contributed by atoms with Crippen LogP contribution in [0.4, 0.5) is 18.9 Å². The van der Waals surface area contributed by atoms with E-state index in [9.17, 15) is 18.0 Å². The number of aromatic nitrogens is 5. The standard InChI is InChI=1S/C35H34F3N7O/c1-22-4-5-25(34(46)42-32-7-6-24(18-29(32)35(36,37)38)23-9-13-44(2)14-10-23)16-26(22)19-33-40-12-8-30(41-33)27-17-28(21-39-20-27)31-11-15-45(3)43-31/h4-8,11-12,15-18,20-21,23H,9-10,13-14,19H2,1-3H3,(H,42,46). The van der Waals surface area contributed by atoms with Gasteiger partial charge >= 0.3 is 6.18 Å². The molecule has 46 heavy (non-hydrogen) atoms. The SMILES string of the molecule is Cc1ccc(C(=O)Nc2ccc(C3CCN(C)CC3)cc2C(F)(F)F)cc1Cc1nccc(-c2cncc(-c3ccn(C)n3)c2)n1. The van der Waals surface area contributed by atoms with Gasteiger partial charge in [-0.2, -0.15) is 18.3 Å². The maximum absolute atomic E-state index is 14.2. The van der Waals surface area contributed by atoms with E-state index in [-0.39, 0.29) is 17.2 Å². The van der Waals surface area contributed by atoms with E-state index < -0.39 is 17.6 Å². The van der Waals surface area contributed by atoms with Crippen molar-refractivity contribution < 1.29 is 18.0 Å². The van der Waals surface area contributed by atoms with Crippen LogP contribution in [0, 0.1) is 6.92 Å². The molecule has 1 saturated heterocycles. The van der Waals surface area contributed by atoms with Crippen molar-refractivity contribution in [3.8, 4) is 22.5 Å². The van der Waals surface area contributed by atoms with Gasteiger partial charge in [0.15, 0.2) is 0 Å². The zero-order chi connectivity index (χ0) is 32.4. The van der Waals surface area contributed by atoms with Gasteiger partial charge in [-0.1, -0.05) is 12.1 Å². The molecule has 0 spiro atoms. The molecule has 1 N–H and O–H groups in total. The summed E-state index contributed by atoms with van der Waals surface area (Å²) in [5, 5.41) is 6.96. The number of halogens is 3. The Hall–Kier alpha value is -4.90. The third kappa shape index (κ3) is 6.99. The Labute approximate surface area is 265 Å². The predicted octanol–water partition coefficient (Wildman–Crippen LogP) is 6.92. The van der Waals surface area contributed by atoms with Crippen molar-refractivity contribution in [1.29, 1.82) is 0 Å². The minimum Gasteiger partial charge on any atom is -0.321 e. The van der Waals surface area contributed by atoms with Crippen LogP contribution in [0.15, 0.2) is 79.4 Å². The van der Waals surface area contributed by atoms with Crippen LogP contribution in [0.1, 0.15) is 57.2 Å². The van der Waals surface area contributed by atoms with E-state index in [1.54, 1.807) is 53.6 Å². The number of amides is 1. The Morgan fingerprint density at radius 3 is 2.43 bits per heavy atom. The highest BCUT2D eigenvalue weighted by Crippen LogP contribution is 2.39. The Morgan fingerprint density at radius 1 is 0.957 bits per heavy atom. The molecule has 1 amide bonds. The van der Waals surface area contributed by atoms with Gasteiger partial charge in [0.05, 0.1) is 22.6 Å². The number of pyridine rings is 1. The first kappa shape index (κ1) is 31.1. The van der Waals surface area contributed by atoms with Crippen LogP contribution in [-0.2, 0) is 19.6 Å². The molecule has 0 bridgehead atoms. The number of alkyl halides is 3. The summed E-state index contributed by atoms with van der Waals surface area (Å²) in [5.41, 5.74) is 4.65. The summed E-state index contributed by atoms with van der Waals surface area (Å²) in [6.45, 7) is 3.59. The molecule has 1 aliphatic heterocycles. The van der Waals surface area contributed by atoms with Crippen molar-refractivity contribution in [1.82, 2.24) is 29.6 Å². The number of piperidine rings is 1. The van der Waals surface area contributed by atoms with Gasteiger partial charge in [0.2, 0.25) is 0 Å². The van der Waals surface area contributed by atoms with Gasteiger partial charge in [0, 0.05) is 54.9 Å². The smallest absolute Gasteiger partial charge is 0.321 e. The van der Waals surface area contributed by atoms with Crippen molar-refractivity contribution in [3.63, 3.8) is 0 Å². The largest absolute Gasteiger partial charge is 0.418 e. The van der Waals surface area contributed by atoms with Crippen LogP contribution in [-0.4, -0.2) is 55.7 Å². The summed E-state index contributed by atoms with van der Waals surface area (Å²) in [5.74, 6) is -0.0281. The molecule has 0 unspecified atom stereocenters. The lowest BCUT2D eigenvalue weighted by atomic mass is 9.88. The van der Waals surface area contributed by atoms with Crippen LogP contribution < -0.4 is 5.32 Å². The van der Waals surface area contributed by atoms with Gasteiger partial charge in [-0.05, 0) is 105 Å². The molecule has 0 saturated carbocycles. The first-order chi connectivity index (χ1) is 22.0. The Balaban J connectivity index is 1.21. The number of nitrogens with zero attached hydrogens (tertiary/aromatic N) is 6. The van der Waals surface area contributed by atoms with E-state index in [1.807, 2.05) is 39.3 Å². The molecule has 236 valence electrons. The zero-order valence-electron chi connectivity index (χ0n) is 25.8. The van der Waals surface area contributed by atoms with Crippen molar-refractivity contribution in [2.24, 2.45) is 7.05 Å². The molecule has 3 aromatic heterocycles. The van der Waals surface area contributed by atoms with Crippen molar-refractivity contribution in [2.45, 2.75) is 38.3 Å². The number of rotatable bonds is 7. The quantitative estimate of drug-likeness (QED) is 0.211. The molecular formula is C35H34F3N7O. The third-order valence-corrected chi connectivity index (χ3v) is 8.50. The fourth-order valence-electron chi connectivity index (χ4n) is 5.80. The Bertz CT molecular complexity index is 1880. The Morgan fingerprint density at radius 2 is 1.72 bits per heavy atom. The van der Waals surface area contributed by atoms with E-state index >= 15 is 0 Å². The number of hydrogen-bond acceptors (Lipinski definition) is 6. The highest BCUT2D eigenvalue weighted by molar-refractivity contribution is 6.05. The average Bonchev–Trinajstić information content (AvgIpc) is 3.48. The van der Waals surface area contributed by atoms with E-state index in [2.05, 4.69) is 25.3 Å². The summed E-state index contributed by atoms with van der Waals surface area (Å²) < 4.78 is 44.2. The van der Waals surface area contributed by atoms with Crippen LogP contribution in [0.3, 0.4) is 0 Å². The molecule has 11 heteroatoms. The number of hydrogen-bond donors (Lipinski definition) is 1. The molecule has 1 fully saturated rings. The van der Waals surface area contributed by atoms with Crippen molar-refractivity contribution >= 4 is 11.6 Å². The topological polar surface area (TPSA) is 88.8 Å². The molecule has 0 aliphatic carbocycles. The van der Waals surface area contributed by atoms with Crippen molar-refractivity contribution in [2.75, 3.05) is 25.5 Å². The second-order valence-electron chi connectivity index (χ2n) is 11.8. The van der Waals surface area contributed by atoms with E-state index in [0.29, 0.717) is 23.5 Å². The van der Waals surface area contributed by atoms with Crippen LogP contribution in [0.2, 0.25) is 0 Å². The predicted molar refractivity (Wildman–Crippen MR) is 170 cm³/mol. The molecule has 5 aromatic rings. The van der Waals surface area contributed by atoms with Gasteiger partial charge in [-0.15, -0.1) is 0 Å². The Kier molecular flexibility index (Phi) is 8.68. The number of anilines is 1. The number of nitrogens with one attached hydrogen (secondary N) is 1. The summed E-state index contributed by atoms with van der Waals surface area (Å²) in [6, 6.07) is 15.0. The number of benzene rings is 2. The average molecular weight is 626 g/mol. The lowest BCUT2D eigenvalue weighted by Gasteiger charge is -2.29. The lowest BCUT2D eigenvalue weighted by Crippen LogP contribution is -2.29. The molecule has 6 rings (SSSR count). The van der Waals surface area contributed by atoms with Crippen LogP contribution >= 0.6 is 0 Å². The molecule has 2 aromatic carbocycles. The molecule has 8 nitrogen and oxygen atoms in total. The molecular weight excluding hydrogens is 591 g/mol. The van der Waals surface area contributed by atoms with E-state index in [0.717, 1.165) is 53.9 Å². The van der Waals surface area contributed by atoms with Gasteiger partial charge in [0.1, 0.15) is 5.82 Å². The third-order valence-electron chi connectivity index (χ3n) is 8.50. The molecule has 4 heterocycles. The highest BCUT2D eigenvalue weighted by Gasteiger charge is 2.35. The van der Waals surface area contributed by atoms with Gasteiger partial charge in [0.25, 0.3) is 5.91 Å². The zero-order valence-corrected chi connectivity index (χ0v) is 25.8. The molecule has 0 radical (unpaired) electrons. The van der Waals surface area contributed by atoms with Crippen LogP contribution in [0.25, 0.3) is 22.5 Å². The minimum absolute atomic E-state index is 0.0588. The monoisotopic (exact) mass is 625 g/mol. The highest BCUT2D eigenvalue weighted by atomic mass is 19.4. The molecule has 1 aliphatic rings. The van der Waals surface area contributed by atoms with Gasteiger partial charge < -0.3 is 10.2 Å². The fraction of sp³-hybridized carbons (Fsp3) is 0.286.